The van der Waals surface area contributed by atoms with Crippen molar-refractivity contribution in [3.8, 4) is 0 Å². The van der Waals surface area contributed by atoms with Gasteiger partial charge < -0.3 is 10.2 Å². The van der Waals surface area contributed by atoms with Gasteiger partial charge in [-0.25, -0.2) is 12.8 Å². The van der Waals surface area contributed by atoms with Crippen LogP contribution in [0.15, 0.2) is 42.5 Å². The topological polar surface area (TPSA) is 86.8 Å². The third-order valence-corrected chi connectivity index (χ3v) is 7.83. The van der Waals surface area contributed by atoms with Gasteiger partial charge in [0, 0.05) is 25.6 Å². The molecule has 0 heterocycles. The number of rotatable bonds is 13. The van der Waals surface area contributed by atoms with Crippen LogP contribution in [0, 0.1) is 19.7 Å². The maximum Gasteiger partial charge on any atom is 0.243 e. The van der Waals surface area contributed by atoms with Crippen LogP contribution in [-0.2, 0) is 26.2 Å². The van der Waals surface area contributed by atoms with Crippen LogP contribution in [-0.4, -0.2) is 50.0 Å². The smallest absolute Gasteiger partial charge is 0.243 e. The average molecular weight is 534 g/mol. The van der Waals surface area contributed by atoms with E-state index in [4.69, 9.17) is 0 Å². The van der Waals surface area contributed by atoms with E-state index in [1.54, 1.807) is 18.2 Å². The largest absolute Gasteiger partial charge is 0.352 e. The van der Waals surface area contributed by atoms with E-state index in [2.05, 4.69) is 5.32 Å². The van der Waals surface area contributed by atoms with Crippen molar-refractivity contribution in [3.05, 3.63) is 65.0 Å². The second-order valence-corrected chi connectivity index (χ2v) is 11.5. The number of anilines is 1. The standard InChI is InChI=1S/C28H40FN3O4S/c1-7-21(4)30-28(34)25(8-2)31(19-23-14-16-24(29)17-15-23)27(33)13-10-18-32(37(6,35)36)26-12-9-11-20(3)22(26)5/h9,11-12,14-17,21,25H,7-8,10,13,18-19H2,1-6H3,(H,30,34)/t21-,25+/m0/s1. The second-order valence-electron chi connectivity index (χ2n) is 9.55. The molecule has 2 aromatic carbocycles. The lowest BCUT2D eigenvalue weighted by atomic mass is 10.1. The number of carbonyl (C=O) groups excluding carboxylic acids is 2. The van der Waals surface area contributed by atoms with Crippen molar-refractivity contribution in [1.82, 2.24) is 10.2 Å². The molecule has 7 nitrogen and oxygen atoms in total. The first-order valence-electron chi connectivity index (χ1n) is 12.8. The van der Waals surface area contributed by atoms with Gasteiger partial charge in [-0.1, -0.05) is 38.1 Å². The fraction of sp³-hybridized carbons (Fsp3) is 0.500. The van der Waals surface area contributed by atoms with E-state index in [-0.39, 0.29) is 49.6 Å². The van der Waals surface area contributed by atoms with E-state index in [0.717, 1.165) is 23.8 Å². The normalized spacial score (nSPS) is 13.1. The van der Waals surface area contributed by atoms with Crippen LogP contribution < -0.4 is 9.62 Å². The van der Waals surface area contributed by atoms with Crippen LogP contribution in [0.4, 0.5) is 10.1 Å². The molecule has 2 atom stereocenters. The first-order chi connectivity index (χ1) is 17.4. The highest BCUT2D eigenvalue weighted by molar-refractivity contribution is 7.92. The zero-order valence-electron chi connectivity index (χ0n) is 22.8. The van der Waals surface area contributed by atoms with Gasteiger partial charge in [0.15, 0.2) is 0 Å². The van der Waals surface area contributed by atoms with Crippen molar-refractivity contribution in [2.45, 2.75) is 78.9 Å². The molecular weight excluding hydrogens is 493 g/mol. The number of amides is 2. The lowest BCUT2D eigenvalue weighted by molar-refractivity contribution is -0.141. The minimum atomic E-state index is -3.57. The molecule has 37 heavy (non-hydrogen) atoms. The summed E-state index contributed by atoms with van der Waals surface area (Å²) in [5, 5.41) is 2.96. The fourth-order valence-electron chi connectivity index (χ4n) is 4.14. The van der Waals surface area contributed by atoms with E-state index in [1.165, 1.54) is 21.3 Å². The van der Waals surface area contributed by atoms with Crippen molar-refractivity contribution in [2.24, 2.45) is 0 Å². The zero-order chi connectivity index (χ0) is 27.8. The Morgan fingerprint density at radius 3 is 2.24 bits per heavy atom. The lowest BCUT2D eigenvalue weighted by Gasteiger charge is -2.32. The second kappa shape index (κ2) is 13.6. The molecule has 0 aliphatic rings. The number of nitrogens with one attached hydrogen (secondary N) is 1. The maximum absolute atomic E-state index is 13.5. The molecule has 9 heteroatoms. The van der Waals surface area contributed by atoms with E-state index in [9.17, 15) is 22.4 Å². The van der Waals surface area contributed by atoms with Gasteiger partial charge in [-0.2, -0.15) is 0 Å². The number of aryl methyl sites for hydroxylation is 1. The Bertz CT molecular complexity index is 1170. The van der Waals surface area contributed by atoms with Crippen molar-refractivity contribution in [1.29, 1.82) is 0 Å². The van der Waals surface area contributed by atoms with Gasteiger partial charge in [0.2, 0.25) is 21.8 Å². The Kier molecular flexibility index (Phi) is 11.1. The highest BCUT2D eigenvalue weighted by atomic mass is 32.2. The third kappa shape index (κ3) is 8.55. The van der Waals surface area contributed by atoms with Gasteiger partial charge >= 0.3 is 0 Å². The molecule has 0 bridgehead atoms. The monoisotopic (exact) mass is 533 g/mol. The van der Waals surface area contributed by atoms with Gasteiger partial charge in [0.1, 0.15) is 11.9 Å². The summed E-state index contributed by atoms with van der Waals surface area (Å²) in [4.78, 5) is 28.0. The molecular formula is C28H40FN3O4S. The van der Waals surface area contributed by atoms with Crippen molar-refractivity contribution >= 4 is 27.5 Å². The molecule has 0 radical (unpaired) electrons. The summed E-state index contributed by atoms with van der Waals surface area (Å²) >= 11 is 0. The molecule has 0 saturated heterocycles. The molecule has 2 aromatic rings. The summed E-state index contributed by atoms with van der Waals surface area (Å²) in [6.45, 7) is 9.80. The number of hydrogen-bond donors (Lipinski definition) is 1. The quantitative estimate of drug-likeness (QED) is 0.404. The predicted octanol–water partition coefficient (Wildman–Crippen LogP) is 4.71. The van der Waals surface area contributed by atoms with Gasteiger partial charge in [-0.3, -0.25) is 13.9 Å². The summed E-state index contributed by atoms with van der Waals surface area (Å²) in [6, 6.07) is 10.6. The maximum atomic E-state index is 13.5. The Balaban J connectivity index is 2.25. The number of benzene rings is 2. The van der Waals surface area contributed by atoms with E-state index < -0.39 is 16.1 Å². The van der Waals surface area contributed by atoms with Crippen LogP contribution in [0.2, 0.25) is 0 Å². The predicted molar refractivity (Wildman–Crippen MR) is 146 cm³/mol. The van der Waals surface area contributed by atoms with Gasteiger partial charge in [0.25, 0.3) is 0 Å². The average Bonchev–Trinajstić information content (AvgIpc) is 2.84. The molecule has 204 valence electrons. The summed E-state index contributed by atoms with van der Waals surface area (Å²) in [5.74, 6) is -0.874. The number of carbonyl (C=O) groups is 2. The molecule has 1 N–H and O–H groups in total. The SMILES string of the molecule is CC[C@H](C(=O)N[C@@H](C)CC)N(Cc1ccc(F)cc1)C(=O)CCCN(c1cccc(C)c1C)S(C)(=O)=O. The summed E-state index contributed by atoms with van der Waals surface area (Å²) < 4.78 is 40.0. The first-order valence-corrected chi connectivity index (χ1v) is 14.6. The minimum Gasteiger partial charge on any atom is -0.352 e. The molecule has 0 unspecified atom stereocenters. The Hall–Kier alpha value is -2.94. The molecule has 2 amide bonds. The molecule has 0 fully saturated rings. The molecule has 2 rings (SSSR count). The number of sulfonamides is 1. The summed E-state index contributed by atoms with van der Waals surface area (Å²) in [6.07, 6.45) is 2.67. The van der Waals surface area contributed by atoms with Gasteiger partial charge in [-0.15, -0.1) is 0 Å². The summed E-state index contributed by atoms with van der Waals surface area (Å²) in [5.41, 5.74) is 3.14. The molecule has 0 aliphatic heterocycles. The Morgan fingerprint density at radius 2 is 1.68 bits per heavy atom. The third-order valence-electron chi connectivity index (χ3n) is 6.65. The van der Waals surface area contributed by atoms with E-state index in [1.807, 2.05) is 46.8 Å². The van der Waals surface area contributed by atoms with Crippen molar-refractivity contribution in [3.63, 3.8) is 0 Å². The number of nitrogens with zero attached hydrogens (tertiary/aromatic N) is 2. The van der Waals surface area contributed by atoms with E-state index >= 15 is 0 Å². The van der Waals surface area contributed by atoms with Gasteiger partial charge in [-0.05, 0) is 74.9 Å². The van der Waals surface area contributed by atoms with E-state index in [0.29, 0.717) is 17.7 Å². The Labute approximate surface area is 221 Å². The molecule has 0 saturated carbocycles. The molecule has 0 spiro atoms. The molecule has 0 aliphatic carbocycles. The zero-order valence-corrected chi connectivity index (χ0v) is 23.6. The highest BCUT2D eigenvalue weighted by Gasteiger charge is 2.29. The van der Waals surface area contributed by atoms with Crippen LogP contribution in [0.5, 0.6) is 0 Å². The Morgan fingerprint density at radius 1 is 1.03 bits per heavy atom. The van der Waals surface area contributed by atoms with Crippen LogP contribution >= 0.6 is 0 Å². The van der Waals surface area contributed by atoms with Crippen LogP contribution in [0.3, 0.4) is 0 Å². The molecule has 0 aromatic heterocycles. The van der Waals surface area contributed by atoms with Crippen LogP contribution in [0.25, 0.3) is 0 Å². The fourth-order valence-corrected chi connectivity index (χ4v) is 5.15. The number of halogens is 1. The highest BCUT2D eigenvalue weighted by Crippen LogP contribution is 2.25. The first kappa shape index (κ1) is 30.3. The van der Waals surface area contributed by atoms with Crippen molar-refractivity contribution < 1.29 is 22.4 Å². The lowest BCUT2D eigenvalue weighted by Crippen LogP contribution is -2.50. The number of hydrogen-bond acceptors (Lipinski definition) is 4. The van der Waals surface area contributed by atoms with Gasteiger partial charge in [0.05, 0.1) is 11.9 Å². The van der Waals surface area contributed by atoms with Crippen molar-refractivity contribution in [2.75, 3.05) is 17.1 Å². The van der Waals surface area contributed by atoms with Crippen LogP contribution in [0.1, 0.15) is 63.1 Å². The summed E-state index contributed by atoms with van der Waals surface area (Å²) in [7, 11) is -3.57. The minimum absolute atomic E-state index is 0.0368.